The zero-order valence-electron chi connectivity index (χ0n) is 19.7. The topological polar surface area (TPSA) is 59.2 Å². The van der Waals surface area contributed by atoms with E-state index < -0.39 is 22.7 Å². The highest BCUT2D eigenvalue weighted by Crippen LogP contribution is 2.55. The molecule has 1 saturated carbocycles. The predicted molar refractivity (Wildman–Crippen MR) is 126 cm³/mol. The van der Waals surface area contributed by atoms with E-state index >= 15 is 4.39 Å². The molecule has 0 atom stereocenters. The van der Waals surface area contributed by atoms with E-state index in [9.17, 15) is 8.78 Å². The molecule has 0 N–H and O–H groups in total. The van der Waals surface area contributed by atoms with Gasteiger partial charge < -0.3 is 4.90 Å². The van der Waals surface area contributed by atoms with E-state index in [2.05, 4.69) is 32.0 Å². The van der Waals surface area contributed by atoms with Crippen LogP contribution in [0.3, 0.4) is 0 Å². The Labute approximate surface area is 200 Å². The van der Waals surface area contributed by atoms with E-state index in [1.165, 1.54) is 6.07 Å². The number of aromatic nitrogens is 5. The van der Waals surface area contributed by atoms with Gasteiger partial charge in [-0.3, -0.25) is 9.38 Å². The van der Waals surface area contributed by atoms with Crippen molar-refractivity contribution in [2.45, 2.75) is 52.1 Å². The lowest BCUT2D eigenvalue weighted by Crippen LogP contribution is -2.27. The summed E-state index contributed by atoms with van der Waals surface area (Å²) in [5.74, 6) is 5.51. The fourth-order valence-corrected chi connectivity index (χ4v) is 5.00. The molecule has 1 aliphatic carbocycles. The molecule has 0 amide bonds. The highest BCUT2D eigenvalue weighted by atomic mass is 19.2. The third kappa shape index (κ3) is 3.27. The average Bonchev–Trinajstić information content (AvgIpc) is 3.56. The van der Waals surface area contributed by atoms with Crippen LogP contribution in [0.15, 0.2) is 24.5 Å². The number of aryl methyl sites for hydroxylation is 1. The van der Waals surface area contributed by atoms with E-state index in [-0.39, 0.29) is 11.2 Å². The van der Waals surface area contributed by atoms with E-state index in [1.54, 1.807) is 37.6 Å². The molecule has 0 bridgehead atoms. The Morgan fingerprint density at radius 3 is 2.66 bits per heavy atom. The van der Waals surface area contributed by atoms with Gasteiger partial charge in [0.2, 0.25) is 0 Å². The number of rotatable bonds is 2. The highest BCUT2D eigenvalue weighted by Gasteiger charge is 2.54. The summed E-state index contributed by atoms with van der Waals surface area (Å²) in [5, 5.41) is 8.25. The summed E-state index contributed by atoms with van der Waals surface area (Å²) in [4.78, 5) is 10.8. The molecule has 6 rings (SSSR count). The average molecular weight is 477 g/mol. The molecule has 0 unspecified atom stereocenters. The van der Waals surface area contributed by atoms with Crippen LogP contribution in [0.2, 0.25) is 0 Å². The van der Waals surface area contributed by atoms with Crippen molar-refractivity contribution in [1.29, 1.82) is 0 Å². The molecule has 6 nitrogen and oxygen atoms in total. The number of nitrogens with zero attached hydrogens (tertiary/aromatic N) is 6. The molecular weight excluding hydrogens is 453 g/mol. The summed E-state index contributed by atoms with van der Waals surface area (Å²) in [7, 11) is 0. The third-order valence-corrected chi connectivity index (χ3v) is 7.27. The standard InChI is InChI=1S/C26H23F3N6/c1-15-32-33-24-31-23(21-19(35(15)24)7-6-18(27)22(21)28)34-12-4-5-17-16(13-30-14-20(17)34)8-9-26(10-11-26)25(2,3)29/h6-7,13-14H,4-5,10-12H2,1-3H3. The minimum Gasteiger partial charge on any atom is -0.324 e. The van der Waals surface area contributed by atoms with Gasteiger partial charge in [0.05, 0.1) is 28.2 Å². The van der Waals surface area contributed by atoms with Crippen LogP contribution in [0.25, 0.3) is 16.7 Å². The van der Waals surface area contributed by atoms with Crippen molar-refractivity contribution in [3.8, 4) is 11.8 Å². The van der Waals surface area contributed by atoms with Gasteiger partial charge in [0.1, 0.15) is 17.3 Å². The monoisotopic (exact) mass is 476 g/mol. The number of benzene rings is 1. The second-order valence-electron chi connectivity index (χ2n) is 9.82. The fourth-order valence-electron chi connectivity index (χ4n) is 5.00. The number of hydrogen-bond acceptors (Lipinski definition) is 5. The quantitative estimate of drug-likeness (QED) is 0.371. The number of alkyl halides is 1. The first kappa shape index (κ1) is 21.8. The van der Waals surface area contributed by atoms with Crippen molar-refractivity contribution < 1.29 is 13.2 Å². The molecule has 1 aliphatic heterocycles. The summed E-state index contributed by atoms with van der Waals surface area (Å²) in [6.07, 6.45) is 6.34. The first-order valence-electron chi connectivity index (χ1n) is 11.7. The van der Waals surface area contributed by atoms with Crippen molar-refractivity contribution in [3.05, 3.63) is 53.1 Å². The zero-order valence-corrected chi connectivity index (χ0v) is 19.7. The maximum absolute atomic E-state index is 15.2. The van der Waals surface area contributed by atoms with Crippen LogP contribution in [0, 0.1) is 35.8 Å². The molecule has 1 fully saturated rings. The van der Waals surface area contributed by atoms with Crippen LogP contribution in [-0.4, -0.2) is 36.8 Å². The zero-order chi connectivity index (χ0) is 24.5. The molecule has 0 saturated heterocycles. The molecule has 4 aromatic rings. The molecule has 9 heteroatoms. The van der Waals surface area contributed by atoms with Gasteiger partial charge >= 0.3 is 0 Å². The number of halogens is 3. The molecular formula is C26H23F3N6. The minimum atomic E-state index is -1.38. The van der Waals surface area contributed by atoms with Crippen molar-refractivity contribution in [2.24, 2.45) is 5.41 Å². The summed E-state index contributed by atoms with van der Waals surface area (Å²) < 4.78 is 45.9. The Kier molecular flexibility index (Phi) is 4.62. The molecule has 35 heavy (non-hydrogen) atoms. The lowest BCUT2D eigenvalue weighted by atomic mass is 9.89. The molecule has 0 spiro atoms. The smallest absolute Gasteiger partial charge is 0.257 e. The minimum absolute atomic E-state index is 0.0563. The number of hydrogen-bond donors (Lipinski definition) is 0. The normalized spacial score (nSPS) is 16.8. The Morgan fingerprint density at radius 2 is 1.91 bits per heavy atom. The van der Waals surface area contributed by atoms with Crippen molar-refractivity contribution in [1.82, 2.24) is 24.6 Å². The van der Waals surface area contributed by atoms with Crippen molar-refractivity contribution in [2.75, 3.05) is 11.4 Å². The maximum Gasteiger partial charge on any atom is 0.257 e. The highest BCUT2D eigenvalue weighted by molar-refractivity contribution is 5.94. The Balaban J connectivity index is 1.54. The SMILES string of the molecule is Cc1nnc2nc(N3CCCc4c(C#CC5(C(C)(C)F)CC5)cncc43)c3c(F)c(F)ccc3n12. The fraction of sp³-hybridized carbons (Fsp3) is 0.385. The summed E-state index contributed by atoms with van der Waals surface area (Å²) in [6, 6.07) is 2.61. The van der Waals surface area contributed by atoms with Gasteiger partial charge in [0.25, 0.3) is 5.78 Å². The van der Waals surface area contributed by atoms with Crippen LogP contribution in [0.1, 0.15) is 50.1 Å². The molecule has 178 valence electrons. The lowest BCUT2D eigenvalue weighted by molar-refractivity contribution is 0.144. The van der Waals surface area contributed by atoms with Crippen LogP contribution in [-0.2, 0) is 6.42 Å². The Hall–Kier alpha value is -3.67. The molecule has 2 aliphatic rings. The predicted octanol–water partition coefficient (Wildman–Crippen LogP) is 5.22. The van der Waals surface area contributed by atoms with Crippen LogP contribution in [0.5, 0.6) is 0 Å². The van der Waals surface area contributed by atoms with Gasteiger partial charge in [-0.15, -0.1) is 10.2 Å². The van der Waals surface area contributed by atoms with Gasteiger partial charge in [-0.05, 0) is 64.2 Å². The van der Waals surface area contributed by atoms with Gasteiger partial charge in [0.15, 0.2) is 11.6 Å². The molecule has 3 aromatic heterocycles. The van der Waals surface area contributed by atoms with Crippen LogP contribution >= 0.6 is 0 Å². The number of anilines is 2. The Morgan fingerprint density at radius 1 is 1.11 bits per heavy atom. The largest absolute Gasteiger partial charge is 0.324 e. The summed E-state index contributed by atoms with van der Waals surface area (Å²) in [5.41, 5.74) is 0.811. The van der Waals surface area contributed by atoms with Gasteiger partial charge in [0, 0.05) is 18.3 Å². The Bertz CT molecular complexity index is 1570. The van der Waals surface area contributed by atoms with Gasteiger partial charge in [-0.1, -0.05) is 11.8 Å². The van der Waals surface area contributed by atoms with E-state index in [1.807, 2.05) is 4.90 Å². The van der Waals surface area contributed by atoms with Crippen molar-refractivity contribution in [3.63, 3.8) is 0 Å². The maximum atomic E-state index is 15.2. The molecule has 1 aromatic carbocycles. The number of fused-ring (bicyclic) bond motifs is 4. The van der Waals surface area contributed by atoms with Crippen molar-refractivity contribution >= 4 is 28.2 Å². The molecule has 0 radical (unpaired) electrons. The summed E-state index contributed by atoms with van der Waals surface area (Å²) in [6.45, 7) is 5.41. The summed E-state index contributed by atoms with van der Waals surface area (Å²) >= 11 is 0. The second-order valence-corrected chi connectivity index (χ2v) is 9.82. The first-order valence-corrected chi connectivity index (χ1v) is 11.7. The van der Waals surface area contributed by atoms with Crippen LogP contribution in [0.4, 0.5) is 24.7 Å². The number of pyridine rings is 1. The van der Waals surface area contributed by atoms with E-state index in [4.69, 9.17) is 0 Å². The first-order chi connectivity index (χ1) is 16.7. The molecule has 4 heterocycles. The van der Waals surface area contributed by atoms with Crippen LogP contribution < -0.4 is 4.90 Å². The van der Waals surface area contributed by atoms with Gasteiger partial charge in [-0.2, -0.15) is 4.98 Å². The van der Waals surface area contributed by atoms with E-state index in [0.717, 1.165) is 48.6 Å². The van der Waals surface area contributed by atoms with E-state index in [0.29, 0.717) is 23.7 Å². The second kappa shape index (κ2) is 7.41. The lowest BCUT2D eigenvalue weighted by Gasteiger charge is -2.31. The van der Waals surface area contributed by atoms with Gasteiger partial charge in [-0.25, -0.2) is 13.2 Å². The third-order valence-electron chi connectivity index (χ3n) is 7.27.